The third kappa shape index (κ3) is 8.49. The SMILES string of the molecule is O=C(NC(CNC(=O)C1=NO[C@]2(C1)CC(CNc1ccccn1)N(C(=O)OCc1ccccc1)C2)C(=O)O)OCc1ccccc1. The summed E-state index contributed by atoms with van der Waals surface area (Å²) in [5, 5.41) is 21.5. The fraction of sp³-hybridized carbons (Fsp3) is 0.312. The van der Waals surface area contributed by atoms with E-state index in [9.17, 15) is 24.3 Å². The summed E-state index contributed by atoms with van der Waals surface area (Å²) in [7, 11) is 0. The highest BCUT2D eigenvalue weighted by atomic mass is 16.7. The van der Waals surface area contributed by atoms with Crippen molar-refractivity contribution in [2.24, 2.45) is 5.16 Å². The van der Waals surface area contributed by atoms with Crippen LogP contribution in [0.25, 0.3) is 0 Å². The molecule has 2 aliphatic heterocycles. The van der Waals surface area contributed by atoms with Crippen LogP contribution in [-0.4, -0.2) is 82.1 Å². The first-order valence-electron chi connectivity index (χ1n) is 14.7. The van der Waals surface area contributed by atoms with E-state index in [0.29, 0.717) is 18.8 Å². The zero-order chi connectivity index (χ0) is 32.4. The number of carboxylic acids is 1. The minimum Gasteiger partial charge on any atom is -0.480 e. The van der Waals surface area contributed by atoms with Crippen molar-refractivity contribution < 1.29 is 38.6 Å². The fourth-order valence-corrected chi connectivity index (χ4v) is 5.17. The molecule has 0 bridgehead atoms. The zero-order valence-corrected chi connectivity index (χ0v) is 24.8. The summed E-state index contributed by atoms with van der Waals surface area (Å²) >= 11 is 0. The van der Waals surface area contributed by atoms with Crippen molar-refractivity contribution in [1.82, 2.24) is 20.5 Å². The number of likely N-dealkylation sites (tertiary alicyclic amines) is 1. The van der Waals surface area contributed by atoms with E-state index in [1.54, 1.807) is 41.4 Å². The smallest absolute Gasteiger partial charge is 0.410 e. The number of carboxylic acid groups (broad SMARTS) is 1. The van der Waals surface area contributed by atoms with Crippen LogP contribution in [0.15, 0.2) is 90.2 Å². The molecule has 14 heteroatoms. The summed E-state index contributed by atoms with van der Waals surface area (Å²) in [6.45, 7) is 0.0809. The van der Waals surface area contributed by atoms with Gasteiger partial charge in [-0.05, 0) is 23.3 Å². The lowest BCUT2D eigenvalue weighted by molar-refractivity contribution is -0.139. The molecule has 2 aliphatic rings. The number of aromatic nitrogens is 1. The molecule has 1 aromatic heterocycles. The molecule has 3 atom stereocenters. The highest BCUT2D eigenvalue weighted by molar-refractivity contribution is 6.39. The van der Waals surface area contributed by atoms with Gasteiger partial charge in [-0.3, -0.25) is 9.69 Å². The van der Waals surface area contributed by atoms with Crippen LogP contribution < -0.4 is 16.0 Å². The standard InChI is InChI=1S/C32H34N6O8/c39-28(35-18-26(29(40)41)36-30(42)44-19-22-9-3-1-4-10-22)25-16-32(46-37-25)15-24(17-34-27-13-7-8-14-33-27)38(21-32)31(43)45-20-23-11-5-2-6-12-23/h1-14,24,26H,15-21H2,(H,33,34)(H,35,39)(H,36,42)(H,40,41)/t24?,26?,32-/m0/s1. The summed E-state index contributed by atoms with van der Waals surface area (Å²) in [5.41, 5.74) is 0.619. The number of pyridine rings is 1. The van der Waals surface area contributed by atoms with E-state index in [0.717, 1.165) is 11.1 Å². The van der Waals surface area contributed by atoms with Crippen LogP contribution >= 0.6 is 0 Å². The Labute approximate surface area is 264 Å². The summed E-state index contributed by atoms with van der Waals surface area (Å²) in [6, 6.07) is 21.8. The average Bonchev–Trinajstić information content (AvgIpc) is 3.67. The second-order valence-corrected chi connectivity index (χ2v) is 10.9. The number of aliphatic carboxylic acids is 1. The van der Waals surface area contributed by atoms with Crippen molar-refractivity contribution >= 4 is 35.6 Å². The second-order valence-electron chi connectivity index (χ2n) is 10.9. The Morgan fingerprint density at radius 3 is 2.28 bits per heavy atom. The van der Waals surface area contributed by atoms with Gasteiger partial charge in [0.05, 0.1) is 12.6 Å². The summed E-state index contributed by atoms with van der Waals surface area (Å²) in [4.78, 5) is 61.8. The number of nitrogens with one attached hydrogen (secondary N) is 3. The molecule has 1 fully saturated rings. The predicted octanol–water partition coefficient (Wildman–Crippen LogP) is 2.92. The summed E-state index contributed by atoms with van der Waals surface area (Å²) in [6.07, 6.45) is 0.596. The van der Waals surface area contributed by atoms with Gasteiger partial charge in [-0.2, -0.15) is 0 Å². The van der Waals surface area contributed by atoms with E-state index in [-0.39, 0.29) is 37.9 Å². The molecule has 1 spiro atoms. The van der Waals surface area contributed by atoms with Gasteiger partial charge in [-0.1, -0.05) is 71.9 Å². The van der Waals surface area contributed by atoms with E-state index in [1.165, 1.54) is 0 Å². The number of ether oxygens (including phenoxy) is 2. The Morgan fingerprint density at radius 1 is 0.957 bits per heavy atom. The third-order valence-corrected chi connectivity index (χ3v) is 7.50. The number of carbonyl (C=O) groups is 4. The van der Waals surface area contributed by atoms with E-state index in [4.69, 9.17) is 14.3 Å². The van der Waals surface area contributed by atoms with Gasteiger partial charge >= 0.3 is 18.2 Å². The van der Waals surface area contributed by atoms with E-state index in [2.05, 4.69) is 26.1 Å². The molecular weight excluding hydrogens is 596 g/mol. The lowest BCUT2D eigenvalue weighted by Gasteiger charge is -2.24. The molecule has 2 unspecified atom stereocenters. The molecule has 46 heavy (non-hydrogen) atoms. The minimum absolute atomic E-state index is 0.0340. The van der Waals surface area contributed by atoms with Crippen LogP contribution in [0.4, 0.5) is 15.4 Å². The van der Waals surface area contributed by atoms with Crippen molar-refractivity contribution in [2.75, 3.05) is 25.0 Å². The lowest BCUT2D eigenvalue weighted by atomic mass is 9.94. The Balaban J connectivity index is 1.16. The van der Waals surface area contributed by atoms with Gasteiger partial charge in [0.2, 0.25) is 0 Å². The molecule has 3 aromatic rings. The normalized spacial score (nSPS) is 19.0. The van der Waals surface area contributed by atoms with E-state index < -0.39 is 42.3 Å². The molecule has 4 N–H and O–H groups in total. The van der Waals surface area contributed by atoms with Crippen LogP contribution in [0.5, 0.6) is 0 Å². The molecule has 240 valence electrons. The minimum atomic E-state index is -1.45. The van der Waals surface area contributed by atoms with E-state index in [1.807, 2.05) is 48.5 Å². The number of amides is 3. The van der Waals surface area contributed by atoms with Gasteiger partial charge in [-0.25, -0.2) is 19.4 Å². The maximum atomic E-state index is 13.2. The number of hydrogen-bond acceptors (Lipinski definition) is 10. The Hall–Kier alpha value is -5.66. The largest absolute Gasteiger partial charge is 0.480 e. The van der Waals surface area contributed by atoms with Gasteiger partial charge in [-0.15, -0.1) is 0 Å². The lowest BCUT2D eigenvalue weighted by Crippen LogP contribution is -2.49. The van der Waals surface area contributed by atoms with Crippen LogP contribution in [0, 0.1) is 0 Å². The first-order chi connectivity index (χ1) is 22.3. The van der Waals surface area contributed by atoms with Crippen LogP contribution in [0.3, 0.4) is 0 Å². The van der Waals surface area contributed by atoms with Crippen LogP contribution in [0.1, 0.15) is 24.0 Å². The molecule has 0 saturated carbocycles. The molecular formula is C32H34N6O8. The maximum absolute atomic E-state index is 13.2. The van der Waals surface area contributed by atoms with Crippen molar-refractivity contribution in [2.45, 2.75) is 43.7 Å². The highest BCUT2D eigenvalue weighted by Crippen LogP contribution is 2.38. The summed E-state index contributed by atoms with van der Waals surface area (Å²) in [5.74, 6) is -1.38. The molecule has 3 amide bonds. The van der Waals surface area contributed by atoms with Crippen molar-refractivity contribution in [3.05, 3.63) is 96.2 Å². The Kier molecular flexibility index (Phi) is 10.3. The van der Waals surface area contributed by atoms with Crippen molar-refractivity contribution in [3.63, 3.8) is 0 Å². The number of anilines is 1. The number of rotatable bonds is 12. The molecule has 5 rings (SSSR count). The Bertz CT molecular complexity index is 1540. The van der Waals surface area contributed by atoms with E-state index >= 15 is 0 Å². The highest BCUT2D eigenvalue weighted by Gasteiger charge is 2.52. The molecule has 0 radical (unpaired) electrons. The van der Waals surface area contributed by atoms with Gasteiger partial charge in [0.25, 0.3) is 5.91 Å². The molecule has 14 nitrogen and oxygen atoms in total. The number of oxime groups is 1. The molecule has 1 saturated heterocycles. The van der Waals surface area contributed by atoms with Crippen LogP contribution in [0.2, 0.25) is 0 Å². The third-order valence-electron chi connectivity index (χ3n) is 7.50. The molecule has 0 aliphatic carbocycles. The number of nitrogens with zero attached hydrogens (tertiary/aromatic N) is 3. The maximum Gasteiger partial charge on any atom is 0.410 e. The fourth-order valence-electron chi connectivity index (χ4n) is 5.17. The first kappa shape index (κ1) is 31.8. The predicted molar refractivity (Wildman–Crippen MR) is 165 cm³/mol. The topological polar surface area (TPSA) is 181 Å². The van der Waals surface area contributed by atoms with Gasteiger partial charge < -0.3 is 35.4 Å². The van der Waals surface area contributed by atoms with Gasteiger partial charge in [0, 0.05) is 32.1 Å². The molecule has 3 heterocycles. The van der Waals surface area contributed by atoms with Gasteiger partial charge in [0.1, 0.15) is 30.8 Å². The number of carbonyl (C=O) groups excluding carboxylic acids is 3. The van der Waals surface area contributed by atoms with Crippen molar-refractivity contribution in [1.29, 1.82) is 0 Å². The first-order valence-corrected chi connectivity index (χ1v) is 14.7. The number of hydrogen-bond donors (Lipinski definition) is 4. The Morgan fingerprint density at radius 2 is 1.63 bits per heavy atom. The van der Waals surface area contributed by atoms with Crippen LogP contribution in [-0.2, 0) is 37.1 Å². The quantitative estimate of drug-likeness (QED) is 0.232. The van der Waals surface area contributed by atoms with Gasteiger partial charge in [0.15, 0.2) is 5.60 Å². The zero-order valence-electron chi connectivity index (χ0n) is 24.8. The second kappa shape index (κ2) is 14.9. The average molecular weight is 631 g/mol. The summed E-state index contributed by atoms with van der Waals surface area (Å²) < 4.78 is 10.7. The van der Waals surface area contributed by atoms with Crippen molar-refractivity contribution in [3.8, 4) is 0 Å². The number of alkyl carbamates (subject to hydrolysis) is 1. The monoisotopic (exact) mass is 630 g/mol. The number of benzene rings is 2. The molecule has 2 aromatic carbocycles.